The Morgan fingerprint density at radius 1 is 1.56 bits per heavy atom. The van der Waals surface area contributed by atoms with Gasteiger partial charge in [-0.15, -0.1) is 0 Å². The van der Waals surface area contributed by atoms with Gasteiger partial charge < -0.3 is 15.4 Å². The van der Waals surface area contributed by atoms with E-state index in [0.29, 0.717) is 12.6 Å². The van der Waals surface area contributed by atoms with E-state index in [2.05, 4.69) is 29.8 Å². The van der Waals surface area contributed by atoms with Crippen molar-refractivity contribution in [2.45, 2.75) is 32.5 Å². The number of nitrogens with two attached hydrogens (primary N) is 1. The molecular formula is C12H19N3O. The fourth-order valence-corrected chi connectivity index (χ4v) is 1.97. The molecule has 1 aliphatic heterocycles. The van der Waals surface area contributed by atoms with Crippen molar-refractivity contribution in [1.82, 2.24) is 4.98 Å². The van der Waals surface area contributed by atoms with Crippen molar-refractivity contribution in [3.8, 4) is 0 Å². The first kappa shape index (κ1) is 11.4. The van der Waals surface area contributed by atoms with Gasteiger partial charge in [0.05, 0.1) is 18.8 Å². The summed E-state index contributed by atoms with van der Waals surface area (Å²) in [5, 5.41) is 0. The van der Waals surface area contributed by atoms with Crippen LogP contribution in [0.2, 0.25) is 0 Å². The molecule has 2 rings (SSSR count). The van der Waals surface area contributed by atoms with E-state index < -0.39 is 0 Å². The summed E-state index contributed by atoms with van der Waals surface area (Å²) in [4.78, 5) is 6.70. The van der Waals surface area contributed by atoms with Crippen LogP contribution in [0.25, 0.3) is 0 Å². The maximum Gasteiger partial charge on any atom is 0.129 e. The SMILES string of the molecule is CC1CN(c2cc(CN)ccn2)C(C)CO1. The number of morpholine rings is 1. The summed E-state index contributed by atoms with van der Waals surface area (Å²) < 4.78 is 5.60. The highest BCUT2D eigenvalue weighted by Crippen LogP contribution is 2.20. The van der Waals surface area contributed by atoms with Crippen molar-refractivity contribution >= 4 is 5.82 Å². The molecule has 0 spiro atoms. The molecule has 0 saturated carbocycles. The van der Waals surface area contributed by atoms with Crippen molar-refractivity contribution in [1.29, 1.82) is 0 Å². The van der Waals surface area contributed by atoms with Crippen molar-refractivity contribution in [2.75, 3.05) is 18.1 Å². The number of nitrogens with zero attached hydrogens (tertiary/aromatic N) is 2. The van der Waals surface area contributed by atoms with Gasteiger partial charge in [0, 0.05) is 19.3 Å². The van der Waals surface area contributed by atoms with Gasteiger partial charge in [0.1, 0.15) is 5.82 Å². The van der Waals surface area contributed by atoms with Crippen LogP contribution in [0.5, 0.6) is 0 Å². The molecule has 16 heavy (non-hydrogen) atoms. The molecule has 2 unspecified atom stereocenters. The number of ether oxygens (including phenoxy) is 1. The second-order valence-corrected chi connectivity index (χ2v) is 4.37. The molecule has 0 amide bonds. The quantitative estimate of drug-likeness (QED) is 0.814. The molecule has 0 aromatic carbocycles. The maximum absolute atomic E-state index is 5.64. The molecule has 4 nitrogen and oxygen atoms in total. The van der Waals surface area contributed by atoms with Crippen molar-refractivity contribution in [2.24, 2.45) is 5.73 Å². The second-order valence-electron chi connectivity index (χ2n) is 4.37. The third-order valence-corrected chi connectivity index (χ3v) is 2.95. The summed E-state index contributed by atoms with van der Waals surface area (Å²) in [6.07, 6.45) is 2.09. The molecule has 1 saturated heterocycles. The lowest BCUT2D eigenvalue weighted by Gasteiger charge is -2.37. The summed E-state index contributed by atoms with van der Waals surface area (Å²) in [6, 6.07) is 4.39. The Hall–Kier alpha value is -1.13. The predicted molar refractivity (Wildman–Crippen MR) is 64.4 cm³/mol. The molecule has 1 aliphatic rings. The van der Waals surface area contributed by atoms with Crippen molar-refractivity contribution < 1.29 is 4.74 Å². The Bertz CT molecular complexity index is 356. The molecular weight excluding hydrogens is 202 g/mol. The minimum Gasteiger partial charge on any atom is -0.375 e. The van der Waals surface area contributed by atoms with Crippen LogP contribution >= 0.6 is 0 Å². The first-order valence-electron chi connectivity index (χ1n) is 5.74. The molecule has 0 aliphatic carbocycles. The van der Waals surface area contributed by atoms with E-state index >= 15 is 0 Å². The number of aromatic nitrogens is 1. The minimum atomic E-state index is 0.263. The summed E-state index contributed by atoms with van der Waals surface area (Å²) in [6.45, 7) is 6.45. The van der Waals surface area contributed by atoms with Gasteiger partial charge in [0.2, 0.25) is 0 Å². The lowest BCUT2D eigenvalue weighted by Crippen LogP contribution is -2.47. The summed E-state index contributed by atoms with van der Waals surface area (Å²) >= 11 is 0. The highest BCUT2D eigenvalue weighted by Gasteiger charge is 2.24. The lowest BCUT2D eigenvalue weighted by molar-refractivity contribution is 0.0340. The Morgan fingerprint density at radius 3 is 3.12 bits per heavy atom. The number of hydrogen-bond donors (Lipinski definition) is 1. The third kappa shape index (κ3) is 2.33. The molecule has 88 valence electrons. The molecule has 1 fully saturated rings. The number of rotatable bonds is 2. The highest BCUT2D eigenvalue weighted by atomic mass is 16.5. The molecule has 0 radical (unpaired) electrons. The highest BCUT2D eigenvalue weighted by molar-refractivity contribution is 5.42. The predicted octanol–water partition coefficient (Wildman–Crippen LogP) is 1.15. The summed E-state index contributed by atoms with van der Waals surface area (Å²) in [5.74, 6) is 1.01. The zero-order valence-corrected chi connectivity index (χ0v) is 9.89. The van der Waals surface area contributed by atoms with Crippen LogP contribution in [-0.4, -0.2) is 30.3 Å². The first-order valence-corrected chi connectivity index (χ1v) is 5.74. The van der Waals surface area contributed by atoms with Gasteiger partial charge in [0.25, 0.3) is 0 Å². The van der Waals surface area contributed by atoms with Gasteiger partial charge in [-0.05, 0) is 31.5 Å². The van der Waals surface area contributed by atoms with E-state index in [0.717, 1.165) is 24.5 Å². The van der Waals surface area contributed by atoms with Gasteiger partial charge in [-0.2, -0.15) is 0 Å². The topological polar surface area (TPSA) is 51.4 Å². The van der Waals surface area contributed by atoms with Gasteiger partial charge in [-0.3, -0.25) is 0 Å². The van der Waals surface area contributed by atoms with Crippen molar-refractivity contribution in [3.63, 3.8) is 0 Å². The molecule has 0 bridgehead atoms. The van der Waals surface area contributed by atoms with E-state index in [1.807, 2.05) is 12.3 Å². The molecule has 4 heteroatoms. The van der Waals surface area contributed by atoms with Gasteiger partial charge >= 0.3 is 0 Å². The van der Waals surface area contributed by atoms with Crippen LogP contribution in [0.1, 0.15) is 19.4 Å². The largest absolute Gasteiger partial charge is 0.375 e. The molecule has 1 aromatic rings. The van der Waals surface area contributed by atoms with Gasteiger partial charge in [-0.1, -0.05) is 0 Å². The zero-order valence-electron chi connectivity index (χ0n) is 9.89. The van der Waals surface area contributed by atoms with E-state index in [9.17, 15) is 0 Å². The van der Waals surface area contributed by atoms with Crippen LogP contribution in [0.4, 0.5) is 5.82 Å². The van der Waals surface area contributed by atoms with Gasteiger partial charge in [-0.25, -0.2) is 4.98 Å². The van der Waals surface area contributed by atoms with Crippen LogP contribution in [-0.2, 0) is 11.3 Å². The Labute approximate surface area is 96.4 Å². The normalized spacial score (nSPS) is 25.8. The molecule has 2 heterocycles. The smallest absolute Gasteiger partial charge is 0.129 e. The summed E-state index contributed by atoms with van der Waals surface area (Å²) in [5.41, 5.74) is 6.76. The fourth-order valence-electron chi connectivity index (χ4n) is 1.97. The molecule has 2 N–H and O–H groups in total. The lowest BCUT2D eigenvalue weighted by atomic mass is 10.2. The van der Waals surface area contributed by atoms with Crippen molar-refractivity contribution in [3.05, 3.63) is 23.9 Å². The Morgan fingerprint density at radius 2 is 2.38 bits per heavy atom. The monoisotopic (exact) mass is 221 g/mol. The third-order valence-electron chi connectivity index (χ3n) is 2.95. The number of hydrogen-bond acceptors (Lipinski definition) is 4. The first-order chi connectivity index (χ1) is 7.70. The average Bonchev–Trinajstić information content (AvgIpc) is 2.32. The maximum atomic E-state index is 5.64. The second kappa shape index (κ2) is 4.80. The van der Waals surface area contributed by atoms with E-state index in [-0.39, 0.29) is 6.10 Å². The molecule has 1 aromatic heterocycles. The molecule has 2 atom stereocenters. The Balaban J connectivity index is 2.20. The van der Waals surface area contributed by atoms with E-state index in [1.165, 1.54) is 0 Å². The van der Waals surface area contributed by atoms with Crippen LogP contribution in [0.3, 0.4) is 0 Å². The fraction of sp³-hybridized carbons (Fsp3) is 0.583. The Kier molecular flexibility index (Phi) is 3.41. The summed E-state index contributed by atoms with van der Waals surface area (Å²) in [7, 11) is 0. The van der Waals surface area contributed by atoms with Crippen LogP contribution < -0.4 is 10.6 Å². The van der Waals surface area contributed by atoms with Crippen LogP contribution in [0, 0.1) is 0 Å². The number of anilines is 1. The van der Waals surface area contributed by atoms with Crippen LogP contribution in [0.15, 0.2) is 18.3 Å². The van der Waals surface area contributed by atoms with E-state index in [4.69, 9.17) is 10.5 Å². The number of pyridine rings is 1. The average molecular weight is 221 g/mol. The van der Waals surface area contributed by atoms with Gasteiger partial charge in [0.15, 0.2) is 0 Å². The minimum absolute atomic E-state index is 0.263. The zero-order chi connectivity index (χ0) is 11.5. The van der Waals surface area contributed by atoms with E-state index in [1.54, 1.807) is 0 Å². The standard InChI is InChI=1S/C12H19N3O/c1-9-8-16-10(2)7-15(9)12-5-11(6-13)3-4-14-12/h3-5,9-10H,6-8,13H2,1-2H3.